The zero-order valence-corrected chi connectivity index (χ0v) is 11.2. The van der Waals surface area contributed by atoms with Crippen LogP contribution in [0.4, 0.5) is 5.69 Å². The lowest BCUT2D eigenvalue weighted by molar-refractivity contribution is 1.17. The van der Waals surface area contributed by atoms with E-state index in [0.717, 1.165) is 32.1 Å². The maximum atomic E-state index is 4.33. The fourth-order valence-corrected chi connectivity index (χ4v) is 3.00. The molecule has 0 aromatic heterocycles. The third-order valence-electron chi connectivity index (χ3n) is 1.76. The number of halogens is 2. The molecule has 0 spiro atoms. The molecule has 0 saturated carbocycles. The number of aliphatic imine (C=N–C) groups is 1. The van der Waals surface area contributed by atoms with Crippen molar-refractivity contribution in [2.24, 2.45) is 4.99 Å². The monoisotopic (exact) mass is 334 g/mol. The van der Waals surface area contributed by atoms with Gasteiger partial charge in [-0.15, -0.1) is 0 Å². The summed E-state index contributed by atoms with van der Waals surface area (Å²) in [5, 5.41) is 4.29. The number of thioether (sulfide) groups is 1. The van der Waals surface area contributed by atoms with Crippen molar-refractivity contribution in [3.8, 4) is 0 Å². The fraction of sp³-hybridized carbons (Fsp3) is 0.222. The van der Waals surface area contributed by atoms with Gasteiger partial charge in [0.05, 0.1) is 12.2 Å². The highest BCUT2D eigenvalue weighted by molar-refractivity contribution is 9.11. The van der Waals surface area contributed by atoms with E-state index in [1.54, 1.807) is 11.8 Å². The molecule has 74 valence electrons. The molecule has 1 heterocycles. The molecule has 5 heteroatoms. The minimum absolute atomic E-state index is 0.918. The molecular formula is C9H8Br2N2S. The molecule has 1 aromatic rings. The average Bonchev–Trinajstić information content (AvgIpc) is 2.62. The van der Waals surface area contributed by atoms with Crippen LogP contribution >= 0.6 is 43.6 Å². The number of anilines is 1. The van der Waals surface area contributed by atoms with Crippen molar-refractivity contribution in [1.82, 2.24) is 0 Å². The van der Waals surface area contributed by atoms with E-state index in [0.29, 0.717) is 0 Å². The Kier molecular flexibility index (Phi) is 3.52. The van der Waals surface area contributed by atoms with Gasteiger partial charge in [-0.1, -0.05) is 27.7 Å². The van der Waals surface area contributed by atoms with Crippen molar-refractivity contribution < 1.29 is 0 Å². The molecule has 2 nitrogen and oxygen atoms in total. The smallest absolute Gasteiger partial charge is 0.161 e. The molecule has 0 bridgehead atoms. The molecule has 0 atom stereocenters. The van der Waals surface area contributed by atoms with Gasteiger partial charge in [-0.2, -0.15) is 0 Å². The van der Waals surface area contributed by atoms with Crippen LogP contribution in [0, 0.1) is 0 Å². The van der Waals surface area contributed by atoms with Crippen LogP contribution in [0.5, 0.6) is 0 Å². The van der Waals surface area contributed by atoms with E-state index in [1.807, 2.05) is 18.2 Å². The highest BCUT2D eigenvalue weighted by atomic mass is 79.9. The van der Waals surface area contributed by atoms with Gasteiger partial charge >= 0.3 is 0 Å². The van der Waals surface area contributed by atoms with Crippen LogP contribution in [-0.4, -0.2) is 17.5 Å². The molecule has 0 saturated heterocycles. The van der Waals surface area contributed by atoms with Gasteiger partial charge in [0.15, 0.2) is 5.17 Å². The van der Waals surface area contributed by atoms with Crippen molar-refractivity contribution in [2.75, 3.05) is 17.6 Å². The zero-order chi connectivity index (χ0) is 9.97. The van der Waals surface area contributed by atoms with E-state index in [1.165, 1.54) is 0 Å². The highest BCUT2D eigenvalue weighted by Crippen LogP contribution is 2.27. The molecule has 0 amide bonds. The number of amidine groups is 1. The minimum atomic E-state index is 0.918. The van der Waals surface area contributed by atoms with Crippen molar-refractivity contribution in [3.05, 3.63) is 27.1 Å². The predicted octanol–water partition coefficient (Wildman–Crippen LogP) is 3.73. The topological polar surface area (TPSA) is 24.4 Å². The van der Waals surface area contributed by atoms with Crippen LogP contribution in [0.25, 0.3) is 0 Å². The van der Waals surface area contributed by atoms with Crippen molar-refractivity contribution in [3.63, 3.8) is 0 Å². The Hall–Kier alpha value is -0.000000000000000111. The van der Waals surface area contributed by atoms with E-state index in [4.69, 9.17) is 0 Å². The average molecular weight is 336 g/mol. The quantitative estimate of drug-likeness (QED) is 0.845. The summed E-state index contributed by atoms with van der Waals surface area (Å²) in [6.45, 7) is 0.918. The lowest BCUT2D eigenvalue weighted by atomic mass is 10.3. The predicted molar refractivity (Wildman–Crippen MR) is 70.2 cm³/mol. The molecule has 0 radical (unpaired) electrons. The summed E-state index contributed by atoms with van der Waals surface area (Å²) in [7, 11) is 0. The van der Waals surface area contributed by atoms with Crippen molar-refractivity contribution in [1.29, 1.82) is 0 Å². The molecule has 1 aliphatic rings. The van der Waals surface area contributed by atoms with Crippen molar-refractivity contribution >= 4 is 54.5 Å². The van der Waals surface area contributed by atoms with Gasteiger partial charge in [0.1, 0.15) is 0 Å². The second kappa shape index (κ2) is 4.68. The summed E-state index contributed by atoms with van der Waals surface area (Å²) < 4.78 is 2.11. The third-order valence-corrected chi connectivity index (χ3v) is 3.80. The first kappa shape index (κ1) is 10.5. The normalized spacial score (nSPS) is 15.4. The summed E-state index contributed by atoms with van der Waals surface area (Å²) >= 11 is 8.67. The molecule has 2 rings (SSSR count). The van der Waals surface area contributed by atoms with Crippen LogP contribution in [0.2, 0.25) is 0 Å². The van der Waals surface area contributed by atoms with Crippen LogP contribution in [-0.2, 0) is 0 Å². The number of benzene rings is 1. The molecule has 14 heavy (non-hydrogen) atoms. The molecule has 1 N–H and O–H groups in total. The van der Waals surface area contributed by atoms with Crippen LogP contribution in [0.15, 0.2) is 32.1 Å². The highest BCUT2D eigenvalue weighted by Gasteiger charge is 2.08. The number of rotatable bonds is 1. The molecule has 1 aromatic carbocycles. The first-order valence-electron chi connectivity index (χ1n) is 4.15. The number of nitrogens with zero attached hydrogens (tertiary/aromatic N) is 1. The minimum Gasteiger partial charge on any atom is -0.334 e. The van der Waals surface area contributed by atoms with E-state index in [9.17, 15) is 0 Å². The lowest BCUT2D eigenvalue weighted by Crippen LogP contribution is -2.05. The fourth-order valence-electron chi connectivity index (χ4n) is 1.12. The van der Waals surface area contributed by atoms with Gasteiger partial charge in [-0.05, 0) is 34.1 Å². The maximum Gasteiger partial charge on any atom is 0.161 e. The lowest BCUT2D eigenvalue weighted by Gasteiger charge is -2.07. The third kappa shape index (κ3) is 2.52. The summed E-state index contributed by atoms with van der Waals surface area (Å²) in [4.78, 5) is 4.33. The maximum absolute atomic E-state index is 4.33. The van der Waals surface area contributed by atoms with Crippen molar-refractivity contribution in [2.45, 2.75) is 0 Å². The Bertz CT molecular complexity index is 379. The number of hydrogen-bond donors (Lipinski definition) is 1. The molecule has 0 aliphatic carbocycles. The van der Waals surface area contributed by atoms with Gasteiger partial charge in [0.2, 0.25) is 0 Å². The van der Waals surface area contributed by atoms with Gasteiger partial charge in [-0.3, -0.25) is 4.99 Å². The van der Waals surface area contributed by atoms with E-state index in [-0.39, 0.29) is 0 Å². The van der Waals surface area contributed by atoms with E-state index < -0.39 is 0 Å². The number of nitrogens with one attached hydrogen (secondary N) is 1. The summed E-state index contributed by atoms with van der Waals surface area (Å²) in [5.74, 6) is 1.08. The summed E-state index contributed by atoms with van der Waals surface area (Å²) in [6, 6.07) is 6.05. The van der Waals surface area contributed by atoms with Gasteiger partial charge in [0.25, 0.3) is 0 Å². The van der Waals surface area contributed by atoms with Crippen LogP contribution in [0.3, 0.4) is 0 Å². The Morgan fingerprint density at radius 1 is 1.36 bits per heavy atom. The first-order chi connectivity index (χ1) is 6.75. The Balaban J connectivity index is 2.16. The number of hydrogen-bond acceptors (Lipinski definition) is 3. The molecule has 0 unspecified atom stereocenters. The molecule has 0 fully saturated rings. The summed E-state index contributed by atoms with van der Waals surface area (Å²) in [6.07, 6.45) is 0. The van der Waals surface area contributed by atoms with Crippen LogP contribution in [0.1, 0.15) is 0 Å². The van der Waals surface area contributed by atoms with Crippen LogP contribution < -0.4 is 5.32 Å². The zero-order valence-electron chi connectivity index (χ0n) is 7.26. The largest absolute Gasteiger partial charge is 0.334 e. The molecular weight excluding hydrogens is 328 g/mol. The van der Waals surface area contributed by atoms with E-state index >= 15 is 0 Å². The van der Waals surface area contributed by atoms with Gasteiger partial charge in [0, 0.05) is 14.7 Å². The second-order valence-corrected chi connectivity index (χ2v) is 5.64. The first-order valence-corrected chi connectivity index (χ1v) is 6.72. The van der Waals surface area contributed by atoms with Gasteiger partial charge < -0.3 is 5.32 Å². The van der Waals surface area contributed by atoms with Gasteiger partial charge in [-0.25, -0.2) is 0 Å². The Morgan fingerprint density at radius 2 is 2.21 bits per heavy atom. The van der Waals surface area contributed by atoms with E-state index in [2.05, 4.69) is 42.2 Å². The standard InChI is InChI=1S/C9H8Br2N2S/c10-6-1-2-8(7(11)5-6)13-9-12-3-4-14-9/h1-2,5H,3-4H2,(H,12,13). The summed E-state index contributed by atoms with van der Waals surface area (Å²) in [5.41, 5.74) is 1.06. The second-order valence-electron chi connectivity index (χ2n) is 2.78. The Labute approximate surface area is 104 Å². The Morgan fingerprint density at radius 3 is 2.86 bits per heavy atom. The SMILES string of the molecule is Brc1ccc(NC2=NCCS2)c(Br)c1. The molecule has 1 aliphatic heterocycles.